The average molecular weight is 293 g/mol. The Hall–Kier alpha value is -2.05. The summed E-state index contributed by atoms with van der Waals surface area (Å²) in [6.45, 7) is 3.67. The molecule has 1 aliphatic rings. The van der Waals surface area contributed by atoms with Crippen LogP contribution in [0.15, 0.2) is 12.4 Å². The average Bonchev–Trinajstić information content (AvgIpc) is 2.48. The summed E-state index contributed by atoms with van der Waals surface area (Å²) >= 11 is 0. The molecule has 0 aromatic carbocycles. The highest BCUT2D eigenvalue weighted by atomic mass is 16.6. The molecule has 1 aliphatic heterocycles. The molecule has 0 bridgehead atoms. The zero-order chi connectivity index (χ0) is 15.2. The monoisotopic (exact) mass is 293 g/mol. The van der Waals surface area contributed by atoms with Crippen LogP contribution in [0.25, 0.3) is 0 Å². The van der Waals surface area contributed by atoms with Crippen LogP contribution >= 0.6 is 0 Å². The molecule has 2 heterocycles. The van der Waals surface area contributed by atoms with E-state index in [4.69, 9.17) is 4.74 Å². The van der Waals surface area contributed by atoms with Gasteiger partial charge in [-0.25, -0.2) is 14.8 Å². The molecule has 1 N–H and O–H groups in total. The summed E-state index contributed by atoms with van der Waals surface area (Å²) < 4.78 is 5.02. The summed E-state index contributed by atoms with van der Waals surface area (Å²) in [6.07, 6.45) is 3.12. The smallest absolute Gasteiger partial charge is 0.409 e. The highest BCUT2D eigenvalue weighted by Gasteiger charge is 2.23. The van der Waals surface area contributed by atoms with Gasteiger partial charge in [-0.05, 0) is 19.8 Å². The third-order valence-electron chi connectivity index (χ3n) is 3.48. The van der Waals surface area contributed by atoms with Crippen molar-refractivity contribution in [1.82, 2.24) is 14.9 Å². The Morgan fingerprint density at radius 3 is 2.76 bits per heavy atom. The maximum atomic E-state index is 11.6. The molecule has 1 amide bonds. The fraction of sp³-hybridized carbons (Fsp3) is 0.643. The number of anilines is 2. The van der Waals surface area contributed by atoms with E-state index < -0.39 is 0 Å². The number of rotatable bonds is 4. The van der Waals surface area contributed by atoms with Crippen LogP contribution in [0.5, 0.6) is 0 Å². The van der Waals surface area contributed by atoms with Crippen LogP contribution in [0.1, 0.15) is 19.8 Å². The summed E-state index contributed by atoms with van der Waals surface area (Å²) in [4.78, 5) is 23.8. The number of nitrogens with zero attached hydrogens (tertiary/aromatic N) is 4. The Labute approximate surface area is 125 Å². The summed E-state index contributed by atoms with van der Waals surface area (Å²) in [5.74, 6) is 1.69. The number of aromatic nitrogens is 2. The number of amides is 1. The second-order valence-electron chi connectivity index (χ2n) is 5.26. The van der Waals surface area contributed by atoms with Crippen molar-refractivity contribution in [2.75, 3.05) is 44.0 Å². The first-order valence-electron chi connectivity index (χ1n) is 7.27. The number of carbonyl (C=O) groups excluding carboxylic acids is 1. The Balaban J connectivity index is 1.86. The van der Waals surface area contributed by atoms with E-state index in [9.17, 15) is 4.79 Å². The van der Waals surface area contributed by atoms with Gasteiger partial charge in [0.1, 0.15) is 18.0 Å². The number of likely N-dealkylation sites (tertiary alicyclic amines) is 1. The van der Waals surface area contributed by atoms with Crippen LogP contribution in [-0.4, -0.2) is 60.8 Å². The van der Waals surface area contributed by atoms with Gasteiger partial charge in [-0.3, -0.25) is 0 Å². The predicted molar refractivity (Wildman–Crippen MR) is 81.6 cm³/mol. The molecule has 21 heavy (non-hydrogen) atoms. The Bertz CT molecular complexity index is 472. The van der Waals surface area contributed by atoms with Crippen molar-refractivity contribution in [2.24, 2.45) is 0 Å². The van der Waals surface area contributed by atoms with E-state index in [1.807, 2.05) is 32.0 Å². The van der Waals surface area contributed by atoms with Crippen molar-refractivity contribution < 1.29 is 9.53 Å². The van der Waals surface area contributed by atoms with E-state index in [2.05, 4.69) is 15.3 Å². The highest BCUT2D eigenvalue weighted by molar-refractivity contribution is 5.67. The third kappa shape index (κ3) is 4.21. The van der Waals surface area contributed by atoms with Gasteiger partial charge in [0.25, 0.3) is 0 Å². The fourth-order valence-corrected chi connectivity index (χ4v) is 2.30. The van der Waals surface area contributed by atoms with Crippen LogP contribution in [0.4, 0.5) is 16.4 Å². The number of carbonyl (C=O) groups is 1. The van der Waals surface area contributed by atoms with E-state index in [0.29, 0.717) is 25.7 Å². The molecule has 1 aromatic heterocycles. The van der Waals surface area contributed by atoms with Gasteiger partial charge >= 0.3 is 6.09 Å². The van der Waals surface area contributed by atoms with Crippen molar-refractivity contribution in [2.45, 2.75) is 25.8 Å². The maximum absolute atomic E-state index is 11.6. The van der Waals surface area contributed by atoms with Crippen LogP contribution in [0, 0.1) is 0 Å². The normalized spacial score (nSPS) is 15.7. The Kier molecular flexibility index (Phi) is 5.19. The molecule has 1 saturated heterocycles. The van der Waals surface area contributed by atoms with Gasteiger partial charge in [-0.15, -0.1) is 0 Å². The van der Waals surface area contributed by atoms with Gasteiger partial charge in [-0.1, -0.05) is 0 Å². The zero-order valence-electron chi connectivity index (χ0n) is 12.9. The molecule has 0 unspecified atom stereocenters. The Morgan fingerprint density at radius 2 is 2.14 bits per heavy atom. The number of piperidine rings is 1. The van der Waals surface area contributed by atoms with Crippen LogP contribution < -0.4 is 10.2 Å². The molecular formula is C14H23N5O2. The molecule has 0 saturated carbocycles. The molecule has 2 rings (SSSR count). The molecule has 0 radical (unpaired) electrons. The standard InChI is InChI=1S/C14H23N5O2/c1-4-21-14(20)19-7-5-11(6-8-19)17-12-9-13(18(2)3)16-10-15-12/h9-11H,4-8H2,1-3H3,(H,15,16,17). The summed E-state index contributed by atoms with van der Waals surface area (Å²) in [5, 5.41) is 3.41. The van der Waals surface area contributed by atoms with E-state index in [0.717, 1.165) is 24.5 Å². The lowest BCUT2D eigenvalue weighted by Gasteiger charge is -2.31. The SMILES string of the molecule is CCOC(=O)N1CCC(Nc2cc(N(C)C)ncn2)CC1. The van der Waals surface area contributed by atoms with Crippen molar-refractivity contribution in [3.8, 4) is 0 Å². The third-order valence-corrected chi connectivity index (χ3v) is 3.48. The van der Waals surface area contributed by atoms with Gasteiger partial charge in [0.15, 0.2) is 0 Å². The van der Waals surface area contributed by atoms with E-state index in [-0.39, 0.29) is 6.09 Å². The summed E-state index contributed by atoms with van der Waals surface area (Å²) in [6, 6.07) is 2.25. The minimum Gasteiger partial charge on any atom is -0.450 e. The summed E-state index contributed by atoms with van der Waals surface area (Å²) in [7, 11) is 3.90. The highest BCUT2D eigenvalue weighted by Crippen LogP contribution is 2.17. The predicted octanol–water partition coefficient (Wildman–Crippen LogP) is 1.58. The van der Waals surface area contributed by atoms with Gasteiger partial charge < -0.3 is 19.9 Å². The van der Waals surface area contributed by atoms with Gasteiger partial charge in [0.2, 0.25) is 0 Å². The number of hydrogen-bond donors (Lipinski definition) is 1. The lowest BCUT2D eigenvalue weighted by molar-refractivity contribution is 0.0983. The molecule has 116 valence electrons. The topological polar surface area (TPSA) is 70.6 Å². The van der Waals surface area contributed by atoms with Crippen LogP contribution in [0.2, 0.25) is 0 Å². The van der Waals surface area contributed by atoms with Crippen LogP contribution in [-0.2, 0) is 4.74 Å². The number of nitrogens with one attached hydrogen (secondary N) is 1. The van der Waals surface area contributed by atoms with E-state index >= 15 is 0 Å². The van der Waals surface area contributed by atoms with Crippen molar-refractivity contribution in [1.29, 1.82) is 0 Å². The van der Waals surface area contributed by atoms with E-state index in [1.165, 1.54) is 0 Å². The molecule has 1 aromatic rings. The number of ether oxygens (including phenoxy) is 1. The second kappa shape index (κ2) is 7.10. The van der Waals surface area contributed by atoms with Gasteiger partial charge in [-0.2, -0.15) is 0 Å². The molecule has 7 nitrogen and oxygen atoms in total. The van der Waals surface area contributed by atoms with Crippen molar-refractivity contribution in [3.63, 3.8) is 0 Å². The minimum atomic E-state index is -0.215. The first-order valence-corrected chi connectivity index (χ1v) is 7.27. The maximum Gasteiger partial charge on any atom is 0.409 e. The molecule has 0 aliphatic carbocycles. The van der Waals surface area contributed by atoms with Crippen molar-refractivity contribution in [3.05, 3.63) is 12.4 Å². The molecule has 7 heteroatoms. The zero-order valence-corrected chi connectivity index (χ0v) is 12.9. The first-order chi connectivity index (χ1) is 10.1. The molecule has 1 fully saturated rings. The first kappa shape index (κ1) is 15.3. The second-order valence-corrected chi connectivity index (χ2v) is 5.26. The van der Waals surface area contributed by atoms with E-state index in [1.54, 1.807) is 11.2 Å². The lowest BCUT2D eigenvalue weighted by atomic mass is 10.1. The summed E-state index contributed by atoms with van der Waals surface area (Å²) in [5.41, 5.74) is 0. The van der Waals surface area contributed by atoms with Crippen LogP contribution in [0.3, 0.4) is 0 Å². The molecule has 0 spiro atoms. The number of hydrogen-bond acceptors (Lipinski definition) is 6. The largest absolute Gasteiger partial charge is 0.450 e. The van der Waals surface area contributed by atoms with Crippen molar-refractivity contribution >= 4 is 17.7 Å². The molecule has 0 atom stereocenters. The lowest BCUT2D eigenvalue weighted by Crippen LogP contribution is -2.42. The molecular weight excluding hydrogens is 270 g/mol. The Morgan fingerprint density at radius 1 is 1.43 bits per heavy atom. The minimum absolute atomic E-state index is 0.215. The van der Waals surface area contributed by atoms with Gasteiger partial charge in [0, 0.05) is 39.3 Å². The fourth-order valence-electron chi connectivity index (χ4n) is 2.30. The quantitative estimate of drug-likeness (QED) is 0.909. The van der Waals surface area contributed by atoms with Gasteiger partial charge in [0.05, 0.1) is 6.61 Å².